The molecule has 0 radical (unpaired) electrons. The van der Waals surface area contributed by atoms with E-state index in [1.54, 1.807) is 0 Å². The van der Waals surface area contributed by atoms with Gasteiger partial charge in [0, 0.05) is 25.2 Å². The lowest BCUT2D eigenvalue weighted by Crippen LogP contribution is -2.48. The maximum Gasteiger partial charge on any atom is 0.407 e. The fourth-order valence-electron chi connectivity index (χ4n) is 2.80. The Bertz CT molecular complexity index is 333. The van der Waals surface area contributed by atoms with Crippen LogP contribution in [0.25, 0.3) is 0 Å². The minimum Gasteiger partial charge on any atom is -0.444 e. The largest absolute Gasteiger partial charge is 0.444 e. The highest BCUT2D eigenvalue weighted by Crippen LogP contribution is 2.17. The highest BCUT2D eigenvalue weighted by atomic mass is 16.6. The van der Waals surface area contributed by atoms with Crippen molar-refractivity contribution in [3.05, 3.63) is 0 Å². The van der Waals surface area contributed by atoms with E-state index < -0.39 is 5.60 Å². The van der Waals surface area contributed by atoms with Crippen molar-refractivity contribution in [2.75, 3.05) is 26.2 Å². The minimum absolute atomic E-state index is 0.233. The molecule has 0 saturated carbocycles. The van der Waals surface area contributed by atoms with Crippen LogP contribution in [-0.2, 0) is 4.74 Å². The van der Waals surface area contributed by atoms with Crippen LogP contribution in [0.2, 0.25) is 0 Å². The number of likely N-dealkylation sites (tertiary alicyclic amines) is 1. The van der Waals surface area contributed by atoms with Crippen LogP contribution in [-0.4, -0.2) is 54.9 Å². The standard InChI is InChI=1S/C17H35N3O2/c1-13(2)15(20-9-7-8-10-20)12-18-14(3)11-19-16(21)22-17(4,5)6/h13-15,18H,7-12H2,1-6H3,(H,19,21). The average molecular weight is 313 g/mol. The van der Waals surface area contributed by atoms with Gasteiger partial charge in [0.2, 0.25) is 0 Å². The Labute approximate surface area is 136 Å². The summed E-state index contributed by atoms with van der Waals surface area (Å²) in [4.78, 5) is 14.2. The number of hydrogen-bond acceptors (Lipinski definition) is 4. The first kappa shape index (κ1) is 19.2. The molecule has 5 heteroatoms. The summed E-state index contributed by atoms with van der Waals surface area (Å²) in [5.74, 6) is 0.636. The van der Waals surface area contributed by atoms with Crippen molar-refractivity contribution in [1.29, 1.82) is 0 Å². The summed E-state index contributed by atoms with van der Waals surface area (Å²) in [6.07, 6.45) is 2.29. The summed E-state index contributed by atoms with van der Waals surface area (Å²) in [6.45, 7) is 16.3. The number of carbonyl (C=O) groups is 1. The van der Waals surface area contributed by atoms with Crippen molar-refractivity contribution in [2.24, 2.45) is 5.92 Å². The third-order valence-corrected chi connectivity index (χ3v) is 4.01. The zero-order valence-electron chi connectivity index (χ0n) is 15.2. The molecule has 5 nitrogen and oxygen atoms in total. The third kappa shape index (κ3) is 7.45. The van der Waals surface area contributed by atoms with E-state index in [0.29, 0.717) is 18.5 Å². The summed E-state index contributed by atoms with van der Waals surface area (Å²) in [6, 6.07) is 0.808. The van der Waals surface area contributed by atoms with Gasteiger partial charge in [-0.15, -0.1) is 0 Å². The van der Waals surface area contributed by atoms with E-state index in [1.807, 2.05) is 20.8 Å². The van der Waals surface area contributed by atoms with Crippen molar-refractivity contribution in [3.63, 3.8) is 0 Å². The molecular weight excluding hydrogens is 278 g/mol. The lowest BCUT2D eigenvalue weighted by molar-refractivity contribution is 0.0522. The fraction of sp³-hybridized carbons (Fsp3) is 0.941. The maximum absolute atomic E-state index is 11.6. The first-order chi connectivity index (χ1) is 10.2. The lowest BCUT2D eigenvalue weighted by Gasteiger charge is -2.32. The van der Waals surface area contributed by atoms with Crippen LogP contribution in [0.1, 0.15) is 54.4 Å². The topological polar surface area (TPSA) is 53.6 Å². The molecule has 2 N–H and O–H groups in total. The molecule has 1 heterocycles. The summed E-state index contributed by atoms with van der Waals surface area (Å²) in [7, 11) is 0. The van der Waals surface area contributed by atoms with E-state index in [2.05, 4.69) is 36.3 Å². The molecule has 0 aliphatic carbocycles. The predicted molar refractivity (Wildman–Crippen MR) is 91.1 cm³/mol. The molecule has 1 amide bonds. The van der Waals surface area contributed by atoms with Gasteiger partial charge < -0.3 is 15.4 Å². The van der Waals surface area contributed by atoms with Gasteiger partial charge in [-0.2, -0.15) is 0 Å². The van der Waals surface area contributed by atoms with Crippen molar-refractivity contribution >= 4 is 6.09 Å². The van der Waals surface area contributed by atoms with Gasteiger partial charge in [0.25, 0.3) is 0 Å². The molecule has 130 valence electrons. The highest BCUT2D eigenvalue weighted by Gasteiger charge is 2.24. The molecule has 1 aliphatic rings. The zero-order chi connectivity index (χ0) is 16.8. The summed E-state index contributed by atoms with van der Waals surface area (Å²) in [5, 5.41) is 6.37. The Balaban J connectivity index is 2.28. The predicted octanol–water partition coefficient (Wildman–Crippen LogP) is 2.61. The summed E-state index contributed by atoms with van der Waals surface area (Å²) < 4.78 is 5.25. The first-order valence-corrected chi connectivity index (χ1v) is 8.63. The van der Waals surface area contributed by atoms with Gasteiger partial charge in [0.1, 0.15) is 5.60 Å². The van der Waals surface area contributed by atoms with E-state index in [1.165, 1.54) is 25.9 Å². The number of hydrogen-bond donors (Lipinski definition) is 2. The second-order valence-corrected chi connectivity index (χ2v) is 7.75. The molecule has 1 saturated heterocycles. The van der Waals surface area contributed by atoms with Crippen LogP contribution >= 0.6 is 0 Å². The maximum atomic E-state index is 11.6. The Morgan fingerprint density at radius 3 is 2.23 bits per heavy atom. The number of ether oxygens (including phenoxy) is 1. The smallest absolute Gasteiger partial charge is 0.407 e. The second kappa shape index (κ2) is 8.73. The van der Waals surface area contributed by atoms with Crippen LogP contribution < -0.4 is 10.6 Å². The van der Waals surface area contributed by atoms with Crippen molar-refractivity contribution in [3.8, 4) is 0 Å². The molecule has 0 aromatic carbocycles. The first-order valence-electron chi connectivity index (χ1n) is 8.63. The van der Waals surface area contributed by atoms with Crippen molar-refractivity contribution in [2.45, 2.75) is 72.1 Å². The molecule has 1 fully saturated rings. The number of nitrogens with one attached hydrogen (secondary N) is 2. The molecule has 1 aliphatic heterocycles. The highest BCUT2D eigenvalue weighted by molar-refractivity contribution is 5.67. The Morgan fingerprint density at radius 1 is 1.14 bits per heavy atom. The molecule has 0 aromatic rings. The molecule has 1 rings (SSSR count). The Kier molecular flexibility index (Phi) is 7.63. The quantitative estimate of drug-likeness (QED) is 0.758. The lowest BCUT2D eigenvalue weighted by atomic mass is 10.0. The van der Waals surface area contributed by atoms with E-state index in [-0.39, 0.29) is 12.1 Å². The number of rotatable bonds is 7. The van der Waals surface area contributed by atoms with Gasteiger partial charge in [-0.1, -0.05) is 13.8 Å². The molecule has 0 bridgehead atoms. The molecular formula is C17H35N3O2. The average Bonchev–Trinajstić information content (AvgIpc) is 2.88. The van der Waals surface area contributed by atoms with E-state index in [0.717, 1.165) is 6.54 Å². The zero-order valence-corrected chi connectivity index (χ0v) is 15.2. The van der Waals surface area contributed by atoms with E-state index >= 15 is 0 Å². The fourth-order valence-corrected chi connectivity index (χ4v) is 2.80. The van der Waals surface area contributed by atoms with E-state index in [4.69, 9.17) is 4.74 Å². The van der Waals surface area contributed by atoms with Crippen LogP contribution in [0.5, 0.6) is 0 Å². The normalized spacial score (nSPS) is 19.2. The molecule has 22 heavy (non-hydrogen) atoms. The van der Waals surface area contributed by atoms with E-state index in [9.17, 15) is 4.79 Å². The van der Waals surface area contributed by atoms with Gasteiger partial charge in [-0.25, -0.2) is 4.79 Å². The number of alkyl carbamates (subject to hydrolysis) is 1. The number of carbonyl (C=O) groups excluding carboxylic acids is 1. The number of nitrogens with zero attached hydrogens (tertiary/aromatic N) is 1. The number of amides is 1. The SMILES string of the molecule is CC(CNC(=O)OC(C)(C)C)NCC(C(C)C)N1CCCC1. The minimum atomic E-state index is -0.445. The third-order valence-electron chi connectivity index (χ3n) is 4.01. The second-order valence-electron chi connectivity index (χ2n) is 7.75. The van der Waals surface area contributed by atoms with Crippen LogP contribution in [0.4, 0.5) is 4.79 Å². The van der Waals surface area contributed by atoms with Gasteiger partial charge in [-0.05, 0) is 59.5 Å². The summed E-state index contributed by atoms with van der Waals surface area (Å²) >= 11 is 0. The molecule has 2 atom stereocenters. The Hall–Kier alpha value is -0.810. The monoisotopic (exact) mass is 313 g/mol. The van der Waals surface area contributed by atoms with Gasteiger partial charge in [0.05, 0.1) is 0 Å². The van der Waals surface area contributed by atoms with Crippen molar-refractivity contribution in [1.82, 2.24) is 15.5 Å². The van der Waals surface area contributed by atoms with Crippen LogP contribution in [0.15, 0.2) is 0 Å². The van der Waals surface area contributed by atoms with Crippen LogP contribution in [0.3, 0.4) is 0 Å². The molecule has 2 unspecified atom stereocenters. The molecule has 0 spiro atoms. The van der Waals surface area contributed by atoms with Crippen LogP contribution in [0, 0.1) is 5.92 Å². The van der Waals surface area contributed by atoms with Gasteiger partial charge in [0.15, 0.2) is 0 Å². The van der Waals surface area contributed by atoms with Gasteiger partial charge in [-0.3, -0.25) is 4.90 Å². The Morgan fingerprint density at radius 2 is 1.73 bits per heavy atom. The molecule has 0 aromatic heterocycles. The summed E-state index contributed by atoms with van der Waals surface area (Å²) in [5.41, 5.74) is -0.445. The van der Waals surface area contributed by atoms with Gasteiger partial charge >= 0.3 is 6.09 Å². The van der Waals surface area contributed by atoms with Crippen molar-refractivity contribution < 1.29 is 9.53 Å².